The Labute approximate surface area is 277 Å². The van der Waals surface area contributed by atoms with Gasteiger partial charge in [-0.2, -0.15) is 18.2 Å². The van der Waals surface area contributed by atoms with Gasteiger partial charge in [-0.1, -0.05) is 30.7 Å². The first kappa shape index (κ1) is 33.5. The maximum absolute atomic E-state index is 16.2. The summed E-state index contributed by atoms with van der Waals surface area (Å²) in [6, 6.07) is 5.02. The van der Waals surface area contributed by atoms with Gasteiger partial charge in [0.1, 0.15) is 17.3 Å². The number of carbonyl (C=O) groups is 1. The summed E-state index contributed by atoms with van der Waals surface area (Å²) in [5.74, 6) is -1.68. The molecule has 0 unspecified atom stereocenters. The van der Waals surface area contributed by atoms with Crippen LogP contribution in [-0.4, -0.2) is 70.7 Å². The summed E-state index contributed by atoms with van der Waals surface area (Å²) in [5.41, 5.74) is -3.83. The number of aromatic nitrogens is 4. The number of nitrogens with zero attached hydrogens (tertiary/aromatic N) is 6. The molecule has 0 spiro atoms. The molecular weight excluding hydrogens is 676 g/mol. The van der Waals surface area contributed by atoms with Crippen LogP contribution in [-0.2, 0) is 20.8 Å². The van der Waals surface area contributed by atoms with Crippen molar-refractivity contribution in [3.8, 4) is 16.9 Å². The largest absolute Gasteiger partial charge is 0.417 e. The Bertz CT molecular complexity index is 2150. The van der Waals surface area contributed by atoms with E-state index in [0.29, 0.717) is 18.4 Å². The smallest absolute Gasteiger partial charge is 0.350 e. The van der Waals surface area contributed by atoms with E-state index in [0.717, 1.165) is 41.5 Å². The Morgan fingerprint density at radius 3 is 2.48 bits per heavy atom. The second-order valence-electron chi connectivity index (χ2n) is 11.9. The number of alkyl halides is 3. The number of anilines is 1. The van der Waals surface area contributed by atoms with E-state index in [9.17, 15) is 31.2 Å². The summed E-state index contributed by atoms with van der Waals surface area (Å²) in [5, 5.41) is -0.977. The van der Waals surface area contributed by atoms with Crippen LogP contribution in [0.4, 0.5) is 23.4 Å². The van der Waals surface area contributed by atoms with Crippen LogP contribution in [0.1, 0.15) is 43.2 Å². The number of fused-ring (bicyclic) bond motifs is 1. The molecule has 4 heterocycles. The summed E-state index contributed by atoms with van der Waals surface area (Å²) in [4.78, 5) is 42.5. The number of hydrogen-bond donors (Lipinski definition) is 0. The number of hydrogen-bond acceptors (Lipinski definition) is 8. The predicted molar refractivity (Wildman–Crippen MR) is 172 cm³/mol. The van der Waals surface area contributed by atoms with Gasteiger partial charge in [-0.15, -0.1) is 0 Å². The lowest BCUT2D eigenvalue weighted by atomic mass is 9.79. The molecule has 3 aromatic heterocycles. The Morgan fingerprint density at radius 1 is 1.15 bits per heavy atom. The van der Waals surface area contributed by atoms with Gasteiger partial charge in [0.25, 0.3) is 0 Å². The maximum atomic E-state index is 16.2. The van der Waals surface area contributed by atoms with Crippen LogP contribution in [0.25, 0.3) is 28.0 Å². The van der Waals surface area contributed by atoms with Crippen LogP contribution in [0.5, 0.6) is 0 Å². The van der Waals surface area contributed by atoms with Crippen LogP contribution >= 0.6 is 11.6 Å². The normalized spacial score (nSPS) is 17.4. The SMILES string of the molecule is C=CC(=O)N1CCN(c2nc(=O)n(-c3c(C4CCC4)ccnc3S(C)(=O)=O)c3nc(-c4c(Cl)cccc4C(F)(F)F)c(F)cc23)[C@@H](C)C1. The van der Waals surface area contributed by atoms with Crippen molar-refractivity contribution >= 4 is 44.2 Å². The summed E-state index contributed by atoms with van der Waals surface area (Å²) in [7, 11) is -4.09. The number of sulfone groups is 1. The van der Waals surface area contributed by atoms with E-state index >= 15 is 4.39 Å². The third-order valence-electron chi connectivity index (χ3n) is 8.78. The lowest BCUT2D eigenvalue weighted by molar-refractivity contribution is -0.137. The van der Waals surface area contributed by atoms with E-state index in [4.69, 9.17) is 11.6 Å². The fourth-order valence-electron chi connectivity index (χ4n) is 6.30. The Morgan fingerprint density at radius 2 is 1.88 bits per heavy atom. The summed E-state index contributed by atoms with van der Waals surface area (Å²) >= 11 is 6.26. The summed E-state index contributed by atoms with van der Waals surface area (Å²) < 4.78 is 85.9. The summed E-state index contributed by atoms with van der Waals surface area (Å²) in [6.07, 6.45) is 0.681. The highest BCUT2D eigenvalue weighted by Crippen LogP contribution is 2.44. The van der Waals surface area contributed by atoms with Crippen LogP contribution in [0, 0.1) is 5.82 Å². The highest BCUT2D eigenvalue weighted by molar-refractivity contribution is 7.90. The topological polar surface area (TPSA) is 118 Å². The Balaban J connectivity index is 1.71. The molecule has 1 aliphatic carbocycles. The zero-order valence-electron chi connectivity index (χ0n) is 25.8. The minimum atomic E-state index is -4.95. The molecule has 1 atom stereocenters. The molecule has 2 aliphatic rings. The van der Waals surface area contributed by atoms with Crippen molar-refractivity contribution in [2.24, 2.45) is 0 Å². The van der Waals surface area contributed by atoms with E-state index < -0.39 is 60.4 Å². The van der Waals surface area contributed by atoms with E-state index in [1.807, 2.05) is 0 Å². The molecule has 252 valence electrons. The molecule has 1 aliphatic heterocycles. The van der Waals surface area contributed by atoms with E-state index in [-0.39, 0.29) is 54.0 Å². The van der Waals surface area contributed by atoms with Crippen LogP contribution in [0.2, 0.25) is 5.02 Å². The minimum Gasteiger partial charge on any atom is -0.350 e. The fourth-order valence-corrected chi connectivity index (χ4v) is 7.37. The van der Waals surface area contributed by atoms with Gasteiger partial charge in [-0.25, -0.2) is 32.1 Å². The lowest BCUT2D eigenvalue weighted by Gasteiger charge is -2.40. The number of pyridine rings is 2. The van der Waals surface area contributed by atoms with Crippen molar-refractivity contribution < 1.29 is 30.8 Å². The second-order valence-corrected chi connectivity index (χ2v) is 14.2. The number of amides is 1. The van der Waals surface area contributed by atoms with Gasteiger partial charge in [0, 0.05) is 43.7 Å². The van der Waals surface area contributed by atoms with Crippen molar-refractivity contribution in [1.29, 1.82) is 0 Å². The van der Waals surface area contributed by atoms with Gasteiger partial charge < -0.3 is 9.80 Å². The molecule has 1 aromatic carbocycles. The Hall–Kier alpha value is -4.37. The lowest BCUT2D eigenvalue weighted by Crippen LogP contribution is -2.54. The Kier molecular flexibility index (Phi) is 8.56. The molecule has 48 heavy (non-hydrogen) atoms. The maximum Gasteiger partial charge on any atom is 0.417 e. The second kappa shape index (κ2) is 12.3. The van der Waals surface area contributed by atoms with Gasteiger partial charge in [0.15, 0.2) is 20.5 Å². The molecular formula is C32H29ClF4N6O4S. The highest BCUT2D eigenvalue weighted by Gasteiger charge is 2.37. The third kappa shape index (κ3) is 5.82. The third-order valence-corrected chi connectivity index (χ3v) is 10.1. The van der Waals surface area contributed by atoms with Gasteiger partial charge in [-0.3, -0.25) is 4.79 Å². The van der Waals surface area contributed by atoms with E-state index in [1.165, 1.54) is 12.3 Å². The first-order chi connectivity index (χ1) is 22.6. The first-order valence-electron chi connectivity index (χ1n) is 15.0. The van der Waals surface area contributed by atoms with Gasteiger partial charge in [-0.05, 0) is 61.6 Å². The fraction of sp³-hybridized carbons (Fsp3) is 0.344. The number of rotatable bonds is 6. The van der Waals surface area contributed by atoms with Crippen LogP contribution in [0.15, 0.2) is 59.0 Å². The van der Waals surface area contributed by atoms with Gasteiger partial charge >= 0.3 is 11.9 Å². The number of carbonyl (C=O) groups excluding carboxylic acids is 1. The quantitative estimate of drug-likeness (QED) is 0.190. The van der Waals surface area contributed by atoms with Gasteiger partial charge in [0.05, 0.1) is 21.7 Å². The molecule has 1 saturated carbocycles. The van der Waals surface area contributed by atoms with Crippen molar-refractivity contribution in [2.45, 2.75) is 49.3 Å². The number of benzene rings is 1. The van der Waals surface area contributed by atoms with Crippen molar-refractivity contribution in [3.63, 3.8) is 0 Å². The number of halogens is 5. The monoisotopic (exact) mass is 704 g/mol. The van der Waals surface area contributed by atoms with Gasteiger partial charge in [0.2, 0.25) is 5.91 Å². The molecule has 4 aromatic rings. The molecule has 1 saturated heterocycles. The molecule has 16 heteroatoms. The zero-order valence-corrected chi connectivity index (χ0v) is 27.3. The molecule has 10 nitrogen and oxygen atoms in total. The molecule has 0 N–H and O–H groups in total. The standard InChI is InChI=1S/C32H29ClF4N6O4S/c1-4-24(44)41-13-14-42(17(2)16-41)28-20-15-23(34)26(25-21(32(35,36)37)9-6-10-22(25)33)39-29(20)43(31(45)40-28)27-19(18-7-5-8-18)11-12-38-30(27)48(3,46)47/h4,6,9-12,15,17-18H,1,5,7-8,13-14,16H2,2-3H3/t17-/m0/s1. The highest BCUT2D eigenvalue weighted by atomic mass is 35.5. The molecule has 0 radical (unpaired) electrons. The molecule has 2 fully saturated rings. The molecule has 6 rings (SSSR count). The average molecular weight is 705 g/mol. The van der Waals surface area contributed by atoms with E-state index in [2.05, 4.69) is 21.5 Å². The van der Waals surface area contributed by atoms with Crippen molar-refractivity contribution in [2.75, 3.05) is 30.8 Å². The molecule has 1 amide bonds. The molecule has 0 bridgehead atoms. The van der Waals surface area contributed by atoms with Crippen LogP contribution < -0.4 is 10.6 Å². The zero-order chi connectivity index (χ0) is 34.7. The van der Waals surface area contributed by atoms with Crippen LogP contribution in [0.3, 0.4) is 0 Å². The predicted octanol–water partition coefficient (Wildman–Crippen LogP) is 5.55. The minimum absolute atomic E-state index is 0.0346. The average Bonchev–Trinajstić information content (AvgIpc) is 2.99. The summed E-state index contributed by atoms with van der Waals surface area (Å²) in [6.45, 7) is 5.84. The van der Waals surface area contributed by atoms with Crippen molar-refractivity contribution in [1.82, 2.24) is 24.4 Å². The van der Waals surface area contributed by atoms with E-state index in [1.54, 1.807) is 22.8 Å². The first-order valence-corrected chi connectivity index (χ1v) is 17.3. The number of piperazine rings is 1. The van der Waals surface area contributed by atoms with Crippen molar-refractivity contribution in [3.05, 3.63) is 81.6 Å².